The zero-order chi connectivity index (χ0) is 15.0. The van der Waals surface area contributed by atoms with Gasteiger partial charge in [-0.15, -0.1) is 0 Å². The summed E-state index contributed by atoms with van der Waals surface area (Å²) >= 11 is 0. The predicted octanol–water partition coefficient (Wildman–Crippen LogP) is 0.591. The Kier molecular flexibility index (Phi) is 3.32. The van der Waals surface area contributed by atoms with Gasteiger partial charge in [-0.05, 0) is 26.3 Å². The van der Waals surface area contributed by atoms with Gasteiger partial charge in [-0.3, -0.25) is 9.78 Å². The predicted molar refractivity (Wildman–Crippen MR) is 78.1 cm³/mol. The van der Waals surface area contributed by atoms with E-state index in [1.807, 2.05) is 24.8 Å². The molecule has 7 heteroatoms. The highest BCUT2D eigenvalue weighted by molar-refractivity contribution is 5.78. The molecular weight excluding hydrogens is 268 g/mol. The highest BCUT2D eigenvalue weighted by atomic mass is 16.1. The number of nitrogens with two attached hydrogens (primary N) is 1. The van der Waals surface area contributed by atoms with E-state index in [0.717, 1.165) is 30.2 Å². The second kappa shape index (κ2) is 5.16. The van der Waals surface area contributed by atoms with Crippen molar-refractivity contribution >= 4 is 11.7 Å². The maximum absolute atomic E-state index is 11.3. The fraction of sp³-hybridized carbons (Fsp3) is 0.429. The molecule has 21 heavy (non-hydrogen) atoms. The fourth-order valence-corrected chi connectivity index (χ4v) is 2.66. The van der Waals surface area contributed by atoms with E-state index in [1.165, 1.54) is 0 Å². The van der Waals surface area contributed by atoms with E-state index in [1.54, 1.807) is 17.1 Å². The van der Waals surface area contributed by atoms with Crippen LogP contribution in [0.4, 0.5) is 5.82 Å². The Hall–Kier alpha value is -2.44. The quantitative estimate of drug-likeness (QED) is 0.892. The number of nitrogens with zero attached hydrogens (tertiary/aromatic N) is 5. The molecule has 0 aliphatic carbocycles. The zero-order valence-corrected chi connectivity index (χ0v) is 12.2. The van der Waals surface area contributed by atoms with Crippen LogP contribution in [0.1, 0.15) is 17.8 Å². The standard InChI is InChI=1S/C14H18N6O/c1-9-5-10(2)20(18-9)13-7-16-6-12(17-13)19-4-3-11(8-19)14(15)21/h5-7,11H,3-4,8H2,1-2H3,(H2,15,21). The number of anilines is 1. The Balaban J connectivity index is 1.87. The molecule has 2 aromatic heterocycles. The van der Waals surface area contributed by atoms with Gasteiger partial charge in [-0.2, -0.15) is 5.10 Å². The molecule has 0 bridgehead atoms. The van der Waals surface area contributed by atoms with E-state index in [2.05, 4.69) is 15.1 Å². The molecule has 110 valence electrons. The third-order valence-corrected chi connectivity index (χ3v) is 3.75. The van der Waals surface area contributed by atoms with Crippen molar-refractivity contribution in [3.63, 3.8) is 0 Å². The van der Waals surface area contributed by atoms with Crippen molar-refractivity contribution in [2.24, 2.45) is 11.7 Å². The number of rotatable bonds is 3. The molecule has 3 heterocycles. The van der Waals surface area contributed by atoms with Crippen molar-refractivity contribution in [1.29, 1.82) is 0 Å². The number of carbonyl (C=O) groups excluding carboxylic acids is 1. The molecular formula is C14H18N6O. The molecule has 0 spiro atoms. The molecule has 1 saturated heterocycles. The Morgan fingerprint density at radius 1 is 1.33 bits per heavy atom. The van der Waals surface area contributed by atoms with Gasteiger partial charge in [0.05, 0.1) is 24.0 Å². The number of aromatic nitrogens is 4. The van der Waals surface area contributed by atoms with E-state index >= 15 is 0 Å². The number of hydrogen-bond donors (Lipinski definition) is 1. The fourth-order valence-electron chi connectivity index (χ4n) is 2.66. The van der Waals surface area contributed by atoms with Crippen LogP contribution in [0.2, 0.25) is 0 Å². The topological polar surface area (TPSA) is 89.9 Å². The molecule has 7 nitrogen and oxygen atoms in total. The molecule has 1 aliphatic rings. The molecule has 2 aromatic rings. The van der Waals surface area contributed by atoms with E-state index in [-0.39, 0.29) is 11.8 Å². The number of primary amides is 1. The lowest BCUT2D eigenvalue weighted by Gasteiger charge is -2.17. The van der Waals surface area contributed by atoms with Crippen molar-refractivity contribution in [2.75, 3.05) is 18.0 Å². The summed E-state index contributed by atoms with van der Waals surface area (Å²) in [6, 6.07) is 1.99. The van der Waals surface area contributed by atoms with Crippen LogP contribution in [0.15, 0.2) is 18.5 Å². The first-order valence-corrected chi connectivity index (χ1v) is 6.94. The first-order valence-electron chi connectivity index (χ1n) is 6.94. The van der Waals surface area contributed by atoms with Gasteiger partial charge in [-0.1, -0.05) is 0 Å². The molecule has 2 N–H and O–H groups in total. The summed E-state index contributed by atoms with van der Waals surface area (Å²) in [4.78, 5) is 22.1. The van der Waals surface area contributed by atoms with E-state index in [0.29, 0.717) is 12.4 Å². The maximum Gasteiger partial charge on any atom is 0.222 e. The molecule has 1 amide bonds. The van der Waals surface area contributed by atoms with Gasteiger partial charge in [0.25, 0.3) is 0 Å². The van der Waals surface area contributed by atoms with Crippen molar-refractivity contribution in [3.8, 4) is 5.82 Å². The van der Waals surface area contributed by atoms with Crippen molar-refractivity contribution < 1.29 is 4.79 Å². The molecule has 0 saturated carbocycles. The van der Waals surface area contributed by atoms with Crippen molar-refractivity contribution in [1.82, 2.24) is 19.7 Å². The number of amides is 1. The summed E-state index contributed by atoms with van der Waals surface area (Å²) in [6.45, 7) is 5.29. The number of carbonyl (C=O) groups is 1. The van der Waals surface area contributed by atoms with E-state index in [9.17, 15) is 4.79 Å². The summed E-state index contributed by atoms with van der Waals surface area (Å²) in [5.74, 6) is 1.08. The summed E-state index contributed by atoms with van der Waals surface area (Å²) < 4.78 is 1.77. The van der Waals surface area contributed by atoms with Crippen molar-refractivity contribution in [3.05, 3.63) is 29.8 Å². The maximum atomic E-state index is 11.3. The summed E-state index contributed by atoms with van der Waals surface area (Å²) in [5.41, 5.74) is 7.31. The monoisotopic (exact) mass is 286 g/mol. The number of hydrogen-bond acceptors (Lipinski definition) is 5. The SMILES string of the molecule is Cc1cc(C)n(-c2cncc(N3CCC(C(N)=O)C3)n2)n1. The third-order valence-electron chi connectivity index (χ3n) is 3.75. The lowest BCUT2D eigenvalue weighted by molar-refractivity contribution is -0.121. The van der Waals surface area contributed by atoms with E-state index in [4.69, 9.17) is 5.73 Å². The molecule has 0 radical (unpaired) electrons. The number of aryl methyl sites for hydroxylation is 2. The molecule has 1 aliphatic heterocycles. The van der Waals surface area contributed by atoms with Gasteiger partial charge in [0.15, 0.2) is 5.82 Å². The zero-order valence-electron chi connectivity index (χ0n) is 12.2. The smallest absolute Gasteiger partial charge is 0.222 e. The van der Waals surface area contributed by atoms with Gasteiger partial charge in [0, 0.05) is 18.8 Å². The minimum absolute atomic E-state index is 0.107. The lowest BCUT2D eigenvalue weighted by Crippen LogP contribution is -2.28. The third kappa shape index (κ3) is 2.58. The Morgan fingerprint density at radius 3 is 2.71 bits per heavy atom. The minimum Gasteiger partial charge on any atom is -0.369 e. The lowest BCUT2D eigenvalue weighted by atomic mass is 10.1. The van der Waals surface area contributed by atoms with Crippen LogP contribution < -0.4 is 10.6 Å². The van der Waals surface area contributed by atoms with Crippen LogP contribution in [0.3, 0.4) is 0 Å². The normalized spacial score (nSPS) is 18.2. The minimum atomic E-state index is -0.250. The summed E-state index contributed by atoms with van der Waals surface area (Å²) in [7, 11) is 0. The first-order chi connectivity index (χ1) is 10.0. The van der Waals surface area contributed by atoms with Gasteiger partial charge < -0.3 is 10.6 Å². The highest BCUT2D eigenvalue weighted by Crippen LogP contribution is 2.22. The largest absolute Gasteiger partial charge is 0.369 e. The van der Waals surface area contributed by atoms with Gasteiger partial charge in [0.2, 0.25) is 5.91 Å². The van der Waals surface area contributed by atoms with Crippen LogP contribution >= 0.6 is 0 Å². The van der Waals surface area contributed by atoms with Gasteiger partial charge in [0.1, 0.15) is 5.82 Å². The average Bonchev–Trinajstić information content (AvgIpc) is 3.06. The Bertz CT molecular complexity index is 680. The molecule has 0 aromatic carbocycles. The summed E-state index contributed by atoms with van der Waals surface area (Å²) in [5, 5.41) is 4.41. The van der Waals surface area contributed by atoms with E-state index < -0.39 is 0 Å². The van der Waals surface area contributed by atoms with Crippen LogP contribution in [0, 0.1) is 19.8 Å². The molecule has 1 atom stereocenters. The van der Waals surface area contributed by atoms with Crippen LogP contribution in [0.25, 0.3) is 5.82 Å². The highest BCUT2D eigenvalue weighted by Gasteiger charge is 2.27. The average molecular weight is 286 g/mol. The van der Waals surface area contributed by atoms with Gasteiger partial charge >= 0.3 is 0 Å². The van der Waals surface area contributed by atoms with Gasteiger partial charge in [-0.25, -0.2) is 9.67 Å². The second-order valence-electron chi connectivity index (χ2n) is 5.41. The van der Waals surface area contributed by atoms with Crippen LogP contribution in [0.5, 0.6) is 0 Å². The Morgan fingerprint density at radius 2 is 2.10 bits per heavy atom. The molecule has 1 fully saturated rings. The van der Waals surface area contributed by atoms with Crippen molar-refractivity contribution in [2.45, 2.75) is 20.3 Å². The molecule has 3 rings (SSSR count). The Labute approximate surface area is 122 Å². The van der Waals surface area contributed by atoms with Crippen LogP contribution in [-0.2, 0) is 4.79 Å². The summed E-state index contributed by atoms with van der Waals surface area (Å²) in [6.07, 6.45) is 4.16. The van der Waals surface area contributed by atoms with Crippen LogP contribution in [-0.4, -0.2) is 38.7 Å². The second-order valence-corrected chi connectivity index (χ2v) is 5.41. The molecule has 1 unspecified atom stereocenters. The first kappa shape index (κ1) is 13.5.